The molecule has 2 heteroatoms. The van der Waals surface area contributed by atoms with E-state index in [0.29, 0.717) is 5.75 Å². The summed E-state index contributed by atoms with van der Waals surface area (Å²) in [6.07, 6.45) is 5.13. The van der Waals surface area contributed by atoms with Crippen LogP contribution in [0.3, 0.4) is 0 Å². The Morgan fingerprint density at radius 1 is 1.13 bits per heavy atom. The summed E-state index contributed by atoms with van der Waals surface area (Å²) in [7, 11) is 0. The Kier molecular flexibility index (Phi) is 2.47. The molecule has 15 heavy (non-hydrogen) atoms. The Labute approximate surface area is 88.1 Å². The van der Waals surface area contributed by atoms with Gasteiger partial charge in [-0.25, -0.2) is 0 Å². The van der Waals surface area contributed by atoms with Gasteiger partial charge in [-0.2, -0.15) is 0 Å². The molecule has 2 aromatic carbocycles. The van der Waals surface area contributed by atoms with Crippen molar-refractivity contribution in [2.45, 2.75) is 0 Å². The molecule has 0 aromatic heterocycles. The van der Waals surface area contributed by atoms with Gasteiger partial charge in [0, 0.05) is 10.8 Å². The van der Waals surface area contributed by atoms with Crippen LogP contribution in [0.1, 0.15) is 0 Å². The summed E-state index contributed by atoms with van der Waals surface area (Å²) in [5, 5.41) is 11.3. The zero-order chi connectivity index (χ0) is 10.7. The van der Waals surface area contributed by atoms with E-state index < -0.39 is 0 Å². The van der Waals surface area contributed by atoms with Gasteiger partial charge in [0.2, 0.25) is 0 Å². The van der Waals surface area contributed by atoms with Crippen molar-refractivity contribution in [2.75, 3.05) is 6.61 Å². The summed E-state index contributed by atoms with van der Waals surface area (Å²) in [6.45, 7) is 0.231. The maximum absolute atomic E-state index is 9.63. The van der Waals surface area contributed by atoms with Crippen molar-refractivity contribution in [2.24, 2.45) is 0 Å². The molecule has 2 nitrogen and oxygen atoms in total. The molecule has 0 radical (unpaired) electrons. The fraction of sp³-hybridized carbons (Fsp3) is 0.0769. The summed E-state index contributed by atoms with van der Waals surface area (Å²) in [5.41, 5.74) is 0. The van der Waals surface area contributed by atoms with Crippen LogP contribution >= 0.6 is 0 Å². The summed E-state index contributed by atoms with van der Waals surface area (Å²) in [5.74, 6) is 3.36. The highest BCUT2D eigenvalue weighted by molar-refractivity contribution is 5.92. The molecular formula is C13H10O2. The van der Waals surface area contributed by atoms with Gasteiger partial charge in [-0.05, 0) is 12.1 Å². The Morgan fingerprint density at radius 2 is 1.87 bits per heavy atom. The van der Waals surface area contributed by atoms with Gasteiger partial charge in [0.05, 0.1) is 0 Å². The first-order chi connectivity index (χ1) is 7.33. The second-order valence-corrected chi connectivity index (χ2v) is 3.12. The smallest absolute Gasteiger partial charge is 0.148 e. The Bertz CT molecular complexity index is 524. The van der Waals surface area contributed by atoms with Crippen molar-refractivity contribution in [1.82, 2.24) is 0 Å². The van der Waals surface area contributed by atoms with Crippen molar-refractivity contribution in [3.8, 4) is 23.8 Å². The molecule has 0 aliphatic heterocycles. The quantitative estimate of drug-likeness (QED) is 0.751. The van der Waals surface area contributed by atoms with Crippen molar-refractivity contribution < 1.29 is 9.84 Å². The van der Waals surface area contributed by atoms with E-state index in [1.807, 2.05) is 24.3 Å². The average molecular weight is 198 g/mol. The number of benzene rings is 2. The lowest BCUT2D eigenvalue weighted by atomic mass is 10.1. The van der Waals surface area contributed by atoms with E-state index in [0.717, 1.165) is 10.8 Å². The molecule has 0 saturated carbocycles. The molecule has 0 heterocycles. The highest BCUT2D eigenvalue weighted by Crippen LogP contribution is 2.30. The van der Waals surface area contributed by atoms with Crippen LogP contribution in [0.25, 0.3) is 10.8 Å². The summed E-state index contributed by atoms with van der Waals surface area (Å²) in [6, 6.07) is 10.8. The number of hydrogen-bond acceptors (Lipinski definition) is 2. The van der Waals surface area contributed by atoms with E-state index in [2.05, 4.69) is 5.92 Å². The largest absolute Gasteiger partial charge is 0.507 e. The Balaban J connectivity index is 2.57. The lowest BCUT2D eigenvalue weighted by Gasteiger charge is -2.07. The SMILES string of the molecule is C#CCOc1cccc2c(O)cccc12. The first-order valence-corrected chi connectivity index (χ1v) is 4.60. The molecule has 0 aliphatic carbocycles. The minimum Gasteiger partial charge on any atom is -0.507 e. The molecule has 2 aromatic rings. The lowest BCUT2D eigenvalue weighted by Crippen LogP contribution is -1.93. The zero-order valence-corrected chi connectivity index (χ0v) is 8.10. The minimum absolute atomic E-state index is 0.231. The number of hydrogen-bond donors (Lipinski definition) is 1. The van der Waals surface area contributed by atoms with Gasteiger partial charge in [-0.3, -0.25) is 0 Å². The molecule has 0 saturated heterocycles. The molecule has 0 atom stereocenters. The summed E-state index contributed by atoms with van der Waals surface area (Å²) in [4.78, 5) is 0. The minimum atomic E-state index is 0.231. The van der Waals surface area contributed by atoms with Crippen LogP contribution in [0.5, 0.6) is 11.5 Å². The second kappa shape index (κ2) is 3.93. The number of phenolic OH excluding ortho intramolecular Hbond substituents is 1. The van der Waals surface area contributed by atoms with Crippen LogP contribution < -0.4 is 4.74 Å². The Morgan fingerprint density at radius 3 is 2.67 bits per heavy atom. The van der Waals surface area contributed by atoms with Crippen molar-refractivity contribution in [3.63, 3.8) is 0 Å². The van der Waals surface area contributed by atoms with Crippen LogP contribution in [0.2, 0.25) is 0 Å². The third kappa shape index (κ3) is 1.72. The zero-order valence-electron chi connectivity index (χ0n) is 8.10. The van der Waals surface area contributed by atoms with Gasteiger partial charge in [0.1, 0.15) is 18.1 Å². The lowest BCUT2D eigenvalue weighted by molar-refractivity contribution is 0.374. The fourth-order valence-electron chi connectivity index (χ4n) is 1.51. The molecule has 2 rings (SSSR count). The van der Waals surface area contributed by atoms with E-state index >= 15 is 0 Å². The number of terminal acetylenes is 1. The standard InChI is InChI=1S/C13H10O2/c1-2-9-15-13-8-4-5-10-11(13)6-3-7-12(10)14/h1,3-8,14H,9H2. The fourth-order valence-corrected chi connectivity index (χ4v) is 1.51. The second-order valence-electron chi connectivity index (χ2n) is 3.12. The summed E-state index contributed by atoms with van der Waals surface area (Å²) < 4.78 is 5.38. The van der Waals surface area contributed by atoms with E-state index in [-0.39, 0.29) is 12.4 Å². The molecule has 0 amide bonds. The third-order valence-electron chi connectivity index (χ3n) is 2.17. The maximum atomic E-state index is 9.63. The average Bonchev–Trinajstić information content (AvgIpc) is 2.27. The molecule has 0 bridgehead atoms. The summed E-state index contributed by atoms with van der Waals surface area (Å²) >= 11 is 0. The normalized spacial score (nSPS) is 9.80. The van der Waals surface area contributed by atoms with Gasteiger partial charge in [-0.15, -0.1) is 6.42 Å². The number of fused-ring (bicyclic) bond motifs is 1. The van der Waals surface area contributed by atoms with Gasteiger partial charge < -0.3 is 9.84 Å². The maximum Gasteiger partial charge on any atom is 0.148 e. The molecule has 1 N–H and O–H groups in total. The van der Waals surface area contributed by atoms with Gasteiger partial charge in [0.15, 0.2) is 0 Å². The van der Waals surface area contributed by atoms with Crippen LogP contribution in [0.15, 0.2) is 36.4 Å². The Hall–Kier alpha value is -2.14. The van der Waals surface area contributed by atoms with E-state index in [4.69, 9.17) is 11.2 Å². The van der Waals surface area contributed by atoms with E-state index in [1.165, 1.54) is 0 Å². The van der Waals surface area contributed by atoms with Crippen molar-refractivity contribution >= 4 is 10.8 Å². The first kappa shape index (κ1) is 9.42. The van der Waals surface area contributed by atoms with Crippen LogP contribution in [-0.2, 0) is 0 Å². The van der Waals surface area contributed by atoms with Crippen LogP contribution in [0, 0.1) is 12.3 Å². The molecule has 74 valence electrons. The van der Waals surface area contributed by atoms with Gasteiger partial charge >= 0.3 is 0 Å². The molecular weight excluding hydrogens is 188 g/mol. The molecule has 0 fully saturated rings. The monoisotopic (exact) mass is 198 g/mol. The van der Waals surface area contributed by atoms with E-state index in [1.54, 1.807) is 12.1 Å². The predicted molar refractivity (Wildman–Crippen MR) is 59.9 cm³/mol. The number of rotatable bonds is 2. The van der Waals surface area contributed by atoms with Gasteiger partial charge in [-0.1, -0.05) is 30.2 Å². The predicted octanol–water partition coefficient (Wildman–Crippen LogP) is 2.56. The van der Waals surface area contributed by atoms with Crippen LogP contribution in [-0.4, -0.2) is 11.7 Å². The van der Waals surface area contributed by atoms with Crippen molar-refractivity contribution in [1.29, 1.82) is 0 Å². The van der Waals surface area contributed by atoms with E-state index in [9.17, 15) is 5.11 Å². The number of phenols is 1. The van der Waals surface area contributed by atoms with Crippen LogP contribution in [0.4, 0.5) is 0 Å². The highest BCUT2D eigenvalue weighted by Gasteiger charge is 2.03. The highest BCUT2D eigenvalue weighted by atomic mass is 16.5. The molecule has 0 unspecified atom stereocenters. The first-order valence-electron chi connectivity index (χ1n) is 4.60. The van der Waals surface area contributed by atoms with Gasteiger partial charge in [0.25, 0.3) is 0 Å². The number of ether oxygens (including phenoxy) is 1. The molecule has 0 spiro atoms. The number of aromatic hydroxyl groups is 1. The van der Waals surface area contributed by atoms with Crippen molar-refractivity contribution in [3.05, 3.63) is 36.4 Å². The third-order valence-corrected chi connectivity index (χ3v) is 2.17. The molecule has 0 aliphatic rings. The topological polar surface area (TPSA) is 29.5 Å².